The molecular weight excluding hydrogens is 326 g/mol. The second kappa shape index (κ2) is 6.09. The third-order valence-corrected chi connectivity index (χ3v) is 4.92. The maximum Gasteiger partial charge on any atom is 0.227 e. The van der Waals surface area contributed by atoms with Gasteiger partial charge in [0.25, 0.3) is 0 Å². The summed E-state index contributed by atoms with van der Waals surface area (Å²) in [4.78, 5) is 15.6. The van der Waals surface area contributed by atoms with E-state index in [9.17, 15) is 4.79 Å². The highest BCUT2D eigenvalue weighted by Crippen LogP contribution is 2.41. The van der Waals surface area contributed by atoms with Crippen LogP contribution in [-0.2, 0) is 4.79 Å². The Kier molecular flexibility index (Phi) is 3.92. The van der Waals surface area contributed by atoms with Gasteiger partial charge in [-0.15, -0.1) is 10.2 Å². The zero-order valence-electron chi connectivity index (χ0n) is 13.7. The lowest BCUT2D eigenvalue weighted by atomic mass is 10.2. The number of amides is 1. The van der Waals surface area contributed by atoms with E-state index in [1.807, 2.05) is 29.2 Å². The lowest BCUT2D eigenvalue weighted by Gasteiger charge is -2.34. The maximum atomic E-state index is 11.5. The summed E-state index contributed by atoms with van der Waals surface area (Å²) >= 11 is 6.14. The number of aromatic nitrogens is 3. The van der Waals surface area contributed by atoms with E-state index in [-0.39, 0.29) is 5.91 Å². The van der Waals surface area contributed by atoms with Gasteiger partial charge in [-0.3, -0.25) is 9.36 Å². The summed E-state index contributed by atoms with van der Waals surface area (Å²) in [5.74, 6) is 1.93. The third-order valence-electron chi connectivity index (χ3n) is 4.68. The van der Waals surface area contributed by atoms with E-state index >= 15 is 0 Å². The number of rotatable bonds is 3. The van der Waals surface area contributed by atoms with Crippen molar-refractivity contribution >= 4 is 23.5 Å². The van der Waals surface area contributed by atoms with Crippen LogP contribution in [0.25, 0.3) is 11.4 Å². The standard InChI is InChI=1S/C17H20ClN5O/c1-12(24)21-7-9-22(10-8-21)17-20-19-16(23(17)15-5-6-15)13-3-2-4-14(18)11-13/h2-4,11,15H,5-10H2,1H3. The summed E-state index contributed by atoms with van der Waals surface area (Å²) in [6, 6.07) is 8.23. The predicted molar refractivity (Wildman–Crippen MR) is 93.2 cm³/mol. The third kappa shape index (κ3) is 2.86. The van der Waals surface area contributed by atoms with E-state index in [1.165, 1.54) is 0 Å². The molecule has 0 spiro atoms. The van der Waals surface area contributed by atoms with Gasteiger partial charge in [-0.2, -0.15) is 0 Å². The molecule has 1 aromatic heterocycles. The summed E-state index contributed by atoms with van der Waals surface area (Å²) < 4.78 is 2.25. The highest BCUT2D eigenvalue weighted by Gasteiger charge is 2.33. The Bertz CT molecular complexity index is 762. The Hall–Kier alpha value is -2.08. The van der Waals surface area contributed by atoms with Crippen molar-refractivity contribution in [1.29, 1.82) is 0 Å². The fourth-order valence-electron chi connectivity index (χ4n) is 3.21. The van der Waals surface area contributed by atoms with Crippen LogP contribution in [0.4, 0.5) is 5.95 Å². The lowest BCUT2D eigenvalue weighted by Crippen LogP contribution is -2.48. The number of carbonyl (C=O) groups excluding carboxylic acids is 1. The fraction of sp³-hybridized carbons (Fsp3) is 0.471. The number of anilines is 1. The van der Waals surface area contributed by atoms with Gasteiger partial charge >= 0.3 is 0 Å². The lowest BCUT2D eigenvalue weighted by molar-refractivity contribution is -0.129. The first-order valence-corrected chi connectivity index (χ1v) is 8.72. The van der Waals surface area contributed by atoms with Gasteiger partial charge in [0, 0.05) is 49.7 Å². The van der Waals surface area contributed by atoms with Gasteiger partial charge in [-0.05, 0) is 25.0 Å². The van der Waals surface area contributed by atoms with Gasteiger partial charge in [0.05, 0.1) is 0 Å². The van der Waals surface area contributed by atoms with Crippen LogP contribution in [0.1, 0.15) is 25.8 Å². The normalized spacial score (nSPS) is 18.1. The number of hydrogen-bond donors (Lipinski definition) is 0. The van der Waals surface area contributed by atoms with Crippen LogP contribution >= 0.6 is 11.6 Å². The molecule has 1 saturated heterocycles. The molecule has 2 heterocycles. The minimum Gasteiger partial charge on any atom is -0.339 e. The largest absolute Gasteiger partial charge is 0.339 e. The van der Waals surface area contributed by atoms with Crippen LogP contribution in [0, 0.1) is 0 Å². The van der Waals surface area contributed by atoms with Crippen molar-refractivity contribution in [2.75, 3.05) is 31.1 Å². The minimum atomic E-state index is 0.137. The molecule has 24 heavy (non-hydrogen) atoms. The molecule has 1 aliphatic heterocycles. The number of piperazine rings is 1. The molecule has 2 fully saturated rings. The van der Waals surface area contributed by atoms with Crippen molar-refractivity contribution in [3.8, 4) is 11.4 Å². The number of hydrogen-bond acceptors (Lipinski definition) is 4. The molecule has 126 valence electrons. The first kappa shape index (κ1) is 15.4. The van der Waals surface area contributed by atoms with Crippen molar-refractivity contribution in [3.05, 3.63) is 29.3 Å². The molecule has 1 saturated carbocycles. The average Bonchev–Trinajstić information content (AvgIpc) is 3.33. The zero-order chi connectivity index (χ0) is 16.7. The van der Waals surface area contributed by atoms with Gasteiger partial charge in [0.2, 0.25) is 11.9 Å². The van der Waals surface area contributed by atoms with Crippen LogP contribution in [0.3, 0.4) is 0 Å². The van der Waals surface area contributed by atoms with E-state index in [2.05, 4.69) is 19.7 Å². The van der Waals surface area contributed by atoms with E-state index in [1.54, 1.807) is 6.92 Å². The molecule has 2 aromatic rings. The molecule has 0 radical (unpaired) electrons. The van der Waals surface area contributed by atoms with E-state index in [0.717, 1.165) is 56.4 Å². The Morgan fingerprint density at radius 2 is 1.92 bits per heavy atom. The van der Waals surface area contributed by atoms with Gasteiger partial charge in [-0.25, -0.2) is 0 Å². The number of halogens is 1. The van der Waals surface area contributed by atoms with Crippen LogP contribution in [0.5, 0.6) is 0 Å². The molecule has 0 atom stereocenters. The molecule has 7 heteroatoms. The molecule has 6 nitrogen and oxygen atoms in total. The summed E-state index contributed by atoms with van der Waals surface area (Å²) in [6.07, 6.45) is 2.32. The quantitative estimate of drug-likeness (QED) is 0.858. The Balaban J connectivity index is 1.64. The summed E-state index contributed by atoms with van der Waals surface area (Å²) in [5, 5.41) is 9.62. The summed E-state index contributed by atoms with van der Waals surface area (Å²) in [7, 11) is 0. The Morgan fingerprint density at radius 1 is 1.17 bits per heavy atom. The smallest absolute Gasteiger partial charge is 0.227 e. The molecule has 0 N–H and O–H groups in total. The molecule has 1 aromatic carbocycles. The predicted octanol–water partition coefficient (Wildman–Crippen LogP) is 2.60. The SMILES string of the molecule is CC(=O)N1CCN(c2nnc(-c3cccc(Cl)c3)n2C2CC2)CC1. The maximum absolute atomic E-state index is 11.5. The number of carbonyl (C=O) groups is 1. The molecular formula is C17H20ClN5O. The van der Waals surface area contributed by atoms with Crippen molar-refractivity contribution < 1.29 is 4.79 Å². The van der Waals surface area contributed by atoms with Crippen molar-refractivity contribution in [3.63, 3.8) is 0 Å². The molecule has 0 bridgehead atoms. The van der Waals surface area contributed by atoms with Gasteiger partial charge < -0.3 is 9.80 Å². The van der Waals surface area contributed by atoms with Crippen LogP contribution in [0.15, 0.2) is 24.3 Å². The highest BCUT2D eigenvalue weighted by atomic mass is 35.5. The summed E-state index contributed by atoms with van der Waals surface area (Å²) in [6.45, 7) is 4.68. The molecule has 2 aliphatic rings. The van der Waals surface area contributed by atoms with E-state index in [4.69, 9.17) is 11.6 Å². The number of benzene rings is 1. The summed E-state index contributed by atoms with van der Waals surface area (Å²) in [5.41, 5.74) is 0.996. The average molecular weight is 346 g/mol. The molecule has 4 rings (SSSR count). The van der Waals surface area contributed by atoms with Gasteiger partial charge in [0.15, 0.2) is 5.82 Å². The molecule has 1 aliphatic carbocycles. The monoisotopic (exact) mass is 345 g/mol. The van der Waals surface area contributed by atoms with E-state index < -0.39 is 0 Å². The molecule has 1 amide bonds. The zero-order valence-corrected chi connectivity index (χ0v) is 14.4. The first-order chi connectivity index (χ1) is 11.6. The Labute approximate surface area is 146 Å². The number of nitrogens with zero attached hydrogens (tertiary/aromatic N) is 5. The minimum absolute atomic E-state index is 0.137. The second-order valence-corrected chi connectivity index (χ2v) is 6.86. The topological polar surface area (TPSA) is 54.3 Å². The van der Waals surface area contributed by atoms with Gasteiger partial charge in [0.1, 0.15) is 0 Å². The van der Waals surface area contributed by atoms with E-state index in [0.29, 0.717) is 11.1 Å². The van der Waals surface area contributed by atoms with Gasteiger partial charge in [-0.1, -0.05) is 23.7 Å². The van der Waals surface area contributed by atoms with Crippen molar-refractivity contribution in [2.45, 2.75) is 25.8 Å². The Morgan fingerprint density at radius 3 is 2.54 bits per heavy atom. The highest BCUT2D eigenvalue weighted by molar-refractivity contribution is 6.30. The van der Waals surface area contributed by atoms with Crippen LogP contribution < -0.4 is 4.90 Å². The van der Waals surface area contributed by atoms with Crippen LogP contribution in [-0.4, -0.2) is 51.8 Å². The first-order valence-electron chi connectivity index (χ1n) is 8.35. The molecule has 0 unspecified atom stereocenters. The van der Waals surface area contributed by atoms with Crippen LogP contribution in [0.2, 0.25) is 5.02 Å². The van der Waals surface area contributed by atoms with Crippen molar-refractivity contribution in [2.24, 2.45) is 0 Å². The van der Waals surface area contributed by atoms with Crippen molar-refractivity contribution in [1.82, 2.24) is 19.7 Å². The second-order valence-electron chi connectivity index (χ2n) is 6.43. The fourth-order valence-corrected chi connectivity index (χ4v) is 3.40.